The Morgan fingerprint density at radius 3 is 3.00 bits per heavy atom. The molecule has 0 saturated carbocycles. The van der Waals surface area contributed by atoms with Gasteiger partial charge in [0.2, 0.25) is 5.91 Å². The van der Waals surface area contributed by atoms with Gasteiger partial charge in [0.25, 0.3) is 5.56 Å². The summed E-state index contributed by atoms with van der Waals surface area (Å²) in [6.45, 7) is 3.15. The number of fused-ring (bicyclic) bond motifs is 1. The molecule has 3 heterocycles. The molecule has 0 aliphatic carbocycles. The second kappa shape index (κ2) is 5.62. The van der Waals surface area contributed by atoms with Gasteiger partial charge in [-0.05, 0) is 12.8 Å². The topological polar surface area (TPSA) is 76.5 Å². The van der Waals surface area contributed by atoms with Gasteiger partial charge in [0.15, 0.2) is 0 Å². The number of amides is 1. The Balaban J connectivity index is 1.76. The number of rotatable bonds is 2. The third-order valence-corrected chi connectivity index (χ3v) is 3.63. The minimum atomic E-state index is -0.236. The molecule has 108 valence electrons. The number of ether oxygens (including phenoxy) is 1. The van der Waals surface area contributed by atoms with Crippen molar-refractivity contribution in [3.8, 4) is 0 Å². The number of hydrogen-bond acceptors (Lipinski definition) is 5. The summed E-state index contributed by atoms with van der Waals surface area (Å²) in [5, 5.41) is 7.47. The minimum Gasteiger partial charge on any atom is -0.383 e. The highest BCUT2D eigenvalue weighted by molar-refractivity contribution is 5.76. The highest BCUT2D eigenvalue weighted by atomic mass is 16.5. The molecule has 0 atom stereocenters. The predicted octanol–water partition coefficient (Wildman–Crippen LogP) is -0.540. The second-order valence-corrected chi connectivity index (χ2v) is 5.02. The van der Waals surface area contributed by atoms with E-state index in [0.717, 1.165) is 30.8 Å². The number of anilines is 1. The lowest BCUT2D eigenvalue weighted by molar-refractivity contribution is -0.136. The fourth-order valence-corrected chi connectivity index (χ4v) is 2.50. The van der Waals surface area contributed by atoms with Crippen molar-refractivity contribution in [3.05, 3.63) is 22.1 Å². The van der Waals surface area contributed by atoms with Gasteiger partial charge in [-0.2, -0.15) is 5.10 Å². The largest absolute Gasteiger partial charge is 0.383 e. The molecular weight excluding hydrogens is 260 g/mol. The predicted molar refractivity (Wildman–Crippen MR) is 72.7 cm³/mol. The van der Waals surface area contributed by atoms with Gasteiger partial charge in [-0.15, -0.1) is 0 Å². The lowest BCUT2D eigenvalue weighted by atomic mass is 10.1. The van der Waals surface area contributed by atoms with E-state index in [1.54, 1.807) is 4.90 Å². The molecule has 1 aromatic heterocycles. The van der Waals surface area contributed by atoms with E-state index >= 15 is 0 Å². The number of aromatic nitrogens is 2. The van der Waals surface area contributed by atoms with E-state index < -0.39 is 0 Å². The molecule has 1 N–H and O–H groups in total. The molecule has 2 aliphatic heterocycles. The smallest absolute Gasteiger partial charge is 0.269 e. The van der Waals surface area contributed by atoms with Crippen LogP contribution in [0.3, 0.4) is 0 Å². The van der Waals surface area contributed by atoms with Crippen molar-refractivity contribution < 1.29 is 9.53 Å². The monoisotopic (exact) mass is 278 g/mol. The molecule has 3 rings (SSSR count). The summed E-state index contributed by atoms with van der Waals surface area (Å²) in [5.74, 6) is -0.0772. The molecule has 1 aromatic rings. The second-order valence-electron chi connectivity index (χ2n) is 5.02. The van der Waals surface area contributed by atoms with Gasteiger partial charge >= 0.3 is 0 Å². The summed E-state index contributed by atoms with van der Waals surface area (Å²) in [7, 11) is 0. The van der Waals surface area contributed by atoms with Crippen LogP contribution in [0.2, 0.25) is 0 Å². The van der Waals surface area contributed by atoms with Gasteiger partial charge in [0, 0.05) is 25.7 Å². The van der Waals surface area contributed by atoms with Crippen molar-refractivity contribution in [1.82, 2.24) is 14.7 Å². The van der Waals surface area contributed by atoms with Crippen molar-refractivity contribution in [2.75, 3.05) is 38.2 Å². The Morgan fingerprint density at radius 1 is 1.40 bits per heavy atom. The molecule has 7 nitrogen and oxygen atoms in total. The van der Waals surface area contributed by atoms with Crippen LogP contribution in [0, 0.1) is 0 Å². The average molecular weight is 278 g/mol. The van der Waals surface area contributed by atoms with Crippen LogP contribution >= 0.6 is 0 Å². The summed E-state index contributed by atoms with van der Waals surface area (Å²) >= 11 is 0. The number of carbonyl (C=O) groups is 1. The van der Waals surface area contributed by atoms with Crippen LogP contribution in [-0.4, -0.2) is 53.4 Å². The van der Waals surface area contributed by atoms with Crippen molar-refractivity contribution in [2.24, 2.45) is 0 Å². The van der Waals surface area contributed by atoms with Gasteiger partial charge < -0.3 is 15.0 Å². The molecule has 0 spiro atoms. The Kier molecular flexibility index (Phi) is 3.68. The first-order valence-corrected chi connectivity index (χ1v) is 6.94. The molecule has 0 radical (unpaired) electrons. The van der Waals surface area contributed by atoms with E-state index in [0.29, 0.717) is 26.3 Å². The fourth-order valence-electron chi connectivity index (χ4n) is 2.50. The number of morpholine rings is 1. The van der Waals surface area contributed by atoms with Crippen molar-refractivity contribution >= 4 is 11.6 Å². The van der Waals surface area contributed by atoms with E-state index in [4.69, 9.17) is 4.74 Å². The molecular formula is C13H18N4O3. The summed E-state index contributed by atoms with van der Waals surface area (Å²) in [6.07, 6.45) is 1.84. The summed E-state index contributed by atoms with van der Waals surface area (Å²) in [4.78, 5) is 25.8. The zero-order chi connectivity index (χ0) is 13.9. The summed E-state index contributed by atoms with van der Waals surface area (Å²) in [6, 6.07) is 1.54. The average Bonchev–Trinajstić information content (AvgIpc) is 2.49. The molecule has 1 amide bonds. The van der Waals surface area contributed by atoms with E-state index in [2.05, 4.69) is 10.4 Å². The first kappa shape index (κ1) is 13.1. The van der Waals surface area contributed by atoms with Crippen molar-refractivity contribution in [3.63, 3.8) is 0 Å². The lowest BCUT2D eigenvalue weighted by Crippen LogP contribution is -2.44. The minimum absolute atomic E-state index is 0.00606. The number of carbonyl (C=O) groups excluding carboxylic acids is 1. The zero-order valence-electron chi connectivity index (χ0n) is 11.3. The molecule has 20 heavy (non-hydrogen) atoms. The van der Waals surface area contributed by atoms with E-state index in [-0.39, 0.29) is 18.0 Å². The van der Waals surface area contributed by atoms with Gasteiger partial charge in [-0.1, -0.05) is 0 Å². The van der Waals surface area contributed by atoms with Crippen LogP contribution < -0.4 is 10.9 Å². The molecule has 0 bridgehead atoms. The van der Waals surface area contributed by atoms with Gasteiger partial charge in [-0.3, -0.25) is 9.59 Å². The third kappa shape index (κ3) is 2.67. The van der Waals surface area contributed by atoms with E-state index in [1.807, 2.05) is 0 Å². The fraction of sp³-hybridized carbons (Fsp3) is 0.615. The molecule has 0 unspecified atom stereocenters. The Morgan fingerprint density at radius 2 is 2.20 bits per heavy atom. The Labute approximate surface area is 116 Å². The van der Waals surface area contributed by atoms with E-state index in [9.17, 15) is 9.59 Å². The Bertz CT molecular complexity index is 563. The number of nitrogens with zero attached hydrogens (tertiary/aromatic N) is 3. The third-order valence-electron chi connectivity index (χ3n) is 3.63. The molecule has 1 saturated heterocycles. The molecule has 0 aromatic carbocycles. The van der Waals surface area contributed by atoms with E-state index in [1.165, 1.54) is 10.7 Å². The molecule has 7 heteroatoms. The van der Waals surface area contributed by atoms with Gasteiger partial charge in [-0.25, -0.2) is 4.68 Å². The van der Waals surface area contributed by atoms with Crippen LogP contribution in [0.5, 0.6) is 0 Å². The molecule has 1 fully saturated rings. The maximum absolute atomic E-state index is 12.1. The molecule has 2 aliphatic rings. The van der Waals surface area contributed by atoms with Gasteiger partial charge in [0.1, 0.15) is 6.54 Å². The van der Waals surface area contributed by atoms with Gasteiger partial charge in [0.05, 0.1) is 24.6 Å². The zero-order valence-corrected chi connectivity index (χ0v) is 11.3. The maximum Gasteiger partial charge on any atom is 0.269 e. The highest BCUT2D eigenvalue weighted by Gasteiger charge is 2.19. The van der Waals surface area contributed by atoms with Crippen molar-refractivity contribution in [1.29, 1.82) is 0 Å². The Hall–Kier alpha value is -1.89. The first-order chi connectivity index (χ1) is 9.74. The number of aryl methyl sites for hydroxylation is 1. The van der Waals surface area contributed by atoms with Crippen LogP contribution in [0.15, 0.2) is 10.9 Å². The quantitative estimate of drug-likeness (QED) is 0.786. The summed E-state index contributed by atoms with van der Waals surface area (Å²) in [5.41, 5.74) is 1.43. The van der Waals surface area contributed by atoms with Crippen LogP contribution in [0.25, 0.3) is 0 Å². The van der Waals surface area contributed by atoms with Crippen LogP contribution in [-0.2, 0) is 22.5 Å². The lowest BCUT2D eigenvalue weighted by Gasteiger charge is -2.27. The summed E-state index contributed by atoms with van der Waals surface area (Å²) < 4.78 is 6.48. The number of hydrogen-bond donors (Lipinski definition) is 1. The first-order valence-electron chi connectivity index (χ1n) is 6.94. The van der Waals surface area contributed by atoms with Crippen LogP contribution in [0.1, 0.15) is 12.1 Å². The number of nitrogens with one attached hydrogen (secondary N) is 1. The highest BCUT2D eigenvalue weighted by Crippen LogP contribution is 2.16. The maximum atomic E-state index is 12.1. The standard InChI is InChI=1S/C13H18N4O3/c18-12-8-11-10(2-1-3-14-11)15-17(12)9-13(19)16-4-6-20-7-5-16/h8,14H,1-7,9H2. The van der Waals surface area contributed by atoms with Crippen molar-refractivity contribution in [2.45, 2.75) is 19.4 Å². The van der Waals surface area contributed by atoms with Crippen LogP contribution in [0.4, 0.5) is 5.69 Å². The normalized spacial score (nSPS) is 18.3. The SMILES string of the molecule is O=C(Cn1nc2c(cc1=O)NCCC2)N1CCOCC1.